The van der Waals surface area contributed by atoms with Gasteiger partial charge >= 0.3 is 0 Å². The number of anilines is 1. The summed E-state index contributed by atoms with van der Waals surface area (Å²) in [5.74, 6) is -0.803. The summed E-state index contributed by atoms with van der Waals surface area (Å²) in [5.41, 5.74) is 1.14. The van der Waals surface area contributed by atoms with Crippen LogP contribution in [-0.4, -0.2) is 44.3 Å². The molecule has 2 amide bonds. The van der Waals surface area contributed by atoms with Crippen molar-refractivity contribution < 1.29 is 18.0 Å². The molecule has 0 bridgehead atoms. The number of hydrogen-bond acceptors (Lipinski definition) is 4. The van der Waals surface area contributed by atoms with Crippen molar-refractivity contribution in [2.75, 3.05) is 17.4 Å². The molecule has 3 aromatic carbocycles. The number of unbranched alkanes of at least 4 members (excludes halogenated alkanes) is 1. The largest absolute Gasteiger partial charge is 0.354 e. The van der Waals surface area contributed by atoms with E-state index >= 15 is 0 Å². The average Bonchev–Trinajstić information content (AvgIpc) is 2.91. The minimum atomic E-state index is -4.12. The minimum Gasteiger partial charge on any atom is -0.354 e. The molecular formula is C28H31BrClN3O4S. The Labute approximate surface area is 238 Å². The van der Waals surface area contributed by atoms with Crippen LogP contribution in [0.4, 0.5) is 5.69 Å². The number of halogens is 2. The Morgan fingerprint density at radius 3 is 2.21 bits per heavy atom. The molecule has 3 rings (SSSR count). The first-order chi connectivity index (χ1) is 18.1. The van der Waals surface area contributed by atoms with Crippen LogP contribution in [0.15, 0.2) is 88.2 Å². The molecule has 0 aliphatic carbocycles. The SMILES string of the molecule is CCCCNC(=O)C(C)N(Cc1ccc(Br)cc1)C(=O)CN(c1ccccc1)S(=O)(=O)c1ccc(Cl)cc1. The van der Waals surface area contributed by atoms with Crippen molar-refractivity contribution in [1.82, 2.24) is 10.2 Å². The zero-order valence-corrected chi connectivity index (χ0v) is 24.5. The standard InChI is InChI=1S/C28H31BrClN3O4S/c1-3-4-18-31-28(35)21(2)32(19-22-10-12-23(29)13-11-22)27(34)20-33(25-8-6-5-7-9-25)38(36,37)26-16-14-24(30)15-17-26/h5-17,21H,3-4,18-20H2,1-2H3,(H,31,35). The predicted molar refractivity (Wildman–Crippen MR) is 154 cm³/mol. The molecule has 1 N–H and O–H groups in total. The number of benzene rings is 3. The molecule has 0 saturated carbocycles. The van der Waals surface area contributed by atoms with Gasteiger partial charge in [0.1, 0.15) is 12.6 Å². The molecule has 0 radical (unpaired) electrons. The molecule has 0 spiro atoms. The number of hydrogen-bond donors (Lipinski definition) is 1. The molecule has 0 aliphatic heterocycles. The van der Waals surface area contributed by atoms with Crippen molar-refractivity contribution >= 4 is 55.1 Å². The first kappa shape index (κ1) is 29.7. The summed E-state index contributed by atoms with van der Waals surface area (Å²) in [5, 5.41) is 3.27. The predicted octanol–water partition coefficient (Wildman–Crippen LogP) is 5.63. The molecule has 1 atom stereocenters. The van der Waals surface area contributed by atoms with E-state index in [1.807, 2.05) is 31.2 Å². The fraction of sp³-hybridized carbons (Fsp3) is 0.286. The van der Waals surface area contributed by atoms with Crippen LogP contribution in [0.2, 0.25) is 5.02 Å². The number of rotatable bonds is 12. The lowest BCUT2D eigenvalue weighted by atomic mass is 10.1. The van der Waals surface area contributed by atoms with Crippen LogP contribution in [0.25, 0.3) is 0 Å². The van der Waals surface area contributed by atoms with Gasteiger partial charge in [-0.2, -0.15) is 0 Å². The van der Waals surface area contributed by atoms with E-state index in [-0.39, 0.29) is 17.3 Å². The van der Waals surface area contributed by atoms with E-state index in [4.69, 9.17) is 11.6 Å². The number of nitrogens with zero attached hydrogens (tertiary/aromatic N) is 2. The Kier molecular flexibility index (Phi) is 10.8. The van der Waals surface area contributed by atoms with Gasteiger partial charge in [0.15, 0.2) is 0 Å². The van der Waals surface area contributed by atoms with Crippen LogP contribution in [-0.2, 0) is 26.2 Å². The van der Waals surface area contributed by atoms with Gasteiger partial charge in [-0.3, -0.25) is 13.9 Å². The molecule has 7 nitrogen and oxygen atoms in total. The molecular weight excluding hydrogens is 590 g/mol. The van der Waals surface area contributed by atoms with Gasteiger partial charge in [-0.15, -0.1) is 0 Å². The first-order valence-corrected chi connectivity index (χ1v) is 14.9. The molecule has 0 fully saturated rings. The van der Waals surface area contributed by atoms with Gasteiger partial charge in [-0.05, 0) is 67.4 Å². The summed E-state index contributed by atoms with van der Waals surface area (Å²) in [7, 11) is -4.12. The third kappa shape index (κ3) is 7.82. The Bertz CT molecular complexity index is 1320. The van der Waals surface area contributed by atoms with Crippen LogP contribution in [0.3, 0.4) is 0 Å². The minimum absolute atomic E-state index is 0.00312. The van der Waals surface area contributed by atoms with Crippen LogP contribution in [0.5, 0.6) is 0 Å². The summed E-state index contributed by atoms with van der Waals surface area (Å²) >= 11 is 9.38. The van der Waals surface area contributed by atoms with Gasteiger partial charge in [-0.25, -0.2) is 8.42 Å². The maximum atomic E-state index is 13.8. The van der Waals surface area contributed by atoms with E-state index in [0.29, 0.717) is 17.3 Å². The van der Waals surface area contributed by atoms with Crippen LogP contribution < -0.4 is 9.62 Å². The third-order valence-electron chi connectivity index (χ3n) is 5.99. The van der Waals surface area contributed by atoms with Gasteiger partial charge < -0.3 is 10.2 Å². The monoisotopic (exact) mass is 619 g/mol. The topological polar surface area (TPSA) is 86.8 Å². The molecule has 10 heteroatoms. The van der Waals surface area contributed by atoms with Gasteiger partial charge in [0.05, 0.1) is 10.6 Å². The molecule has 3 aromatic rings. The van der Waals surface area contributed by atoms with E-state index < -0.39 is 28.5 Å². The maximum Gasteiger partial charge on any atom is 0.264 e. The maximum absolute atomic E-state index is 13.8. The summed E-state index contributed by atoms with van der Waals surface area (Å²) in [4.78, 5) is 28.2. The zero-order valence-electron chi connectivity index (χ0n) is 21.3. The van der Waals surface area contributed by atoms with Crippen LogP contribution in [0, 0.1) is 0 Å². The number of para-hydroxylation sites is 1. The highest BCUT2D eigenvalue weighted by molar-refractivity contribution is 9.10. The van der Waals surface area contributed by atoms with Crippen molar-refractivity contribution in [3.8, 4) is 0 Å². The number of sulfonamides is 1. The number of amides is 2. The Balaban J connectivity index is 1.96. The molecule has 202 valence electrons. The van der Waals surface area contributed by atoms with Gasteiger partial charge in [-0.1, -0.05) is 71.2 Å². The van der Waals surface area contributed by atoms with Crippen LogP contribution >= 0.6 is 27.5 Å². The van der Waals surface area contributed by atoms with Gasteiger partial charge in [0, 0.05) is 22.6 Å². The van der Waals surface area contributed by atoms with Crippen molar-refractivity contribution in [2.45, 2.75) is 44.2 Å². The second-order valence-corrected chi connectivity index (χ2v) is 12.0. The molecule has 0 saturated heterocycles. The quantitative estimate of drug-likeness (QED) is 0.266. The Morgan fingerprint density at radius 2 is 1.61 bits per heavy atom. The van der Waals surface area contributed by atoms with Gasteiger partial charge in [0.25, 0.3) is 10.0 Å². The highest BCUT2D eigenvalue weighted by Gasteiger charge is 2.32. The molecule has 0 heterocycles. The van der Waals surface area contributed by atoms with Gasteiger partial charge in [0.2, 0.25) is 11.8 Å². The van der Waals surface area contributed by atoms with Crippen molar-refractivity contribution in [2.24, 2.45) is 0 Å². The van der Waals surface area contributed by atoms with Crippen molar-refractivity contribution in [1.29, 1.82) is 0 Å². The number of carbonyl (C=O) groups excluding carboxylic acids is 2. The van der Waals surface area contributed by atoms with E-state index in [1.54, 1.807) is 37.3 Å². The lowest BCUT2D eigenvalue weighted by Crippen LogP contribution is -2.51. The van der Waals surface area contributed by atoms with E-state index in [2.05, 4.69) is 21.2 Å². The average molecular weight is 621 g/mol. The first-order valence-electron chi connectivity index (χ1n) is 12.3. The second kappa shape index (κ2) is 13.8. The summed E-state index contributed by atoms with van der Waals surface area (Å²) in [6, 6.07) is 20.8. The molecule has 0 aliphatic rings. The zero-order chi connectivity index (χ0) is 27.7. The lowest BCUT2D eigenvalue weighted by Gasteiger charge is -2.32. The third-order valence-corrected chi connectivity index (χ3v) is 8.56. The Hall–Kier alpha value is -2.88. The number of carbonyl (C=O) groups is 2. The van der Waals surface area contributed by atoms with Crippen LogP contribution in [0.1, 0.15) is 32.3 Å². The van der Waals surface area contributed by atoms with Crippen molar-refractivity contribution in [3.63, 3.8) is 0 Å². The van der Waals surface area contributed by atoms with E-state index in [0.717, 1.165) is 27.2 Å². The van der Waals surface area contributed by atoms with E-state index in [1.165, 1.54) is 29.2 Å². The van der Waals surface area contributed by atoms with Crippen molar-refractivity contribution in [3.05, 3.63) is 93.9 Å². The Morgan fingerprint density at radius 1 is 0.974 bits per heavy atom. The fourth-order valence-electron chi connectivity index (χ4n) is 3.76. The van der Waals surface area contributed by atoms with E-state index in [9.17, 15) is 18.0 Å². The lowest BCUT2D eigenvalue weighted by molar-refractivity contribution is -0.139. The highest BCUT2D eigenvalue weighted by atomic mass is 79.9. The second-order valence-electron chi connectivity index (χ2n) is 8.77. The molecule has 1 unspecified atom stereocenters. The summed E-state index contributed by atoms with van der Waals surface area (Å²) in [6.45, 7) is 3.83. The number of nitrogens with one attached hydrogen (secondary N) is 1. The highest BCUT2D eigenvalue weighted by Crippen LogP contribution is 2.25. The molecule has 0 aromatic heterocycles. The normalized spacial score (nSPS) is 12.0. The fourth-order valence-corrected chi connectivity index (χ4v) is 5.57. The summed E-state index contributed by atoms with van der Waals surface area (Å²) < 4.78 is 29.4. The smallest absolute Gasteiger partial charge is 0.264 e. The summed E-state index contributed by atoms with van der Waals surface area (Å²) in [6.07, 6.45) is 1.74. The molecule has 38 heavy (non-hydrogen) atoms.